The van der Waals surface area contributed by atoms with E-state index in [1.54, 1.807) is 0 Å². The minimum absolute atomic E-state index is 0.0166. The highest BCUT2D eigenvalue weighted by Crippen LogP contribution is 2.35. The minimum atomic E-state index is -4.90. The summed E-state index contributed by atoms with van der Waals surface area (Å²) in [6.07, 6.45) is -8.52. The van der Waals surface area contributed by atoms with Gasteiger partial charge in [-0.1, -0.05) is 11.6 Å². The van der Waals surface area contributed by atoms with Crippen molar-refractivity contribution in [2.45, 2.75) is 12.5 Å². The molecule has 7 nitrogen and oxygen atoms in total. The summed E-state index contributed by atoms with van der Waals surface area (Å²) in [5, 5.41) is 5.47. The zero-order chi connectivity index (χ0) is 24.0. The molecule has 0 aliphatic rings. The number of carbonyl (C=O) groups excluding carboxylic acids is 1. The molecule has 1 amide bonds. The molecule has 0 fully saturated rings. The summed E-state index contributed by atoms with van der Waals surface area (Å²) in [7, 11) is 0. The second-order valence-electron chi connectivity index (χ2n) is 6.43. The maximum atomic E-state index is 13.6. The molecule has 1 N–H and O–H groups in total. The van der Waals surface area contributed by atoms with Crippen LogP contribution in [-0.2, 0) is 6.18 Å². The number of nitrogens with one attached hydrogen (secondary N) is 1. The van der Waals surface area contributed by atoms with E-state index >= 15 is 0 Å². The van der Waals surface area contributed by atoms with Crippen LogP contribution in [0.1, 0.15) is 16.2 Å². The fraction of sp³-hybridized carbons (Fsp3) is 0.105. The predicted molar refractivity (Wildman–Crippen MR) is 102 cm³/mol. The SMILES string of the molecule is O=C(Nc1ccc(OC(F)(F)F)cc1)c1nn2c(C(F)(F)F)cc(-c3ccco3)nc2c1Cl. The number of ether oxygens (including phenoxy) is 1. The van der Waals surface area contributed by atoms with Crippen LogP contribution in [0.15, 0.2) is 53.1 Å². The zero-order valence-electron chi connectivity index (χ0n) is 15.8. The molecule has 0 radical (unpaired) electrons. The van der Waals surface area contributed by atoms with Crippen molar-refractivity contribution in [2.75, 3.05) is 5.32 Å². The normalized spacial score (nSPS) is 12.2. The molecular weight excluding hydrogens is 482 g/mol. The molecule has 14 heteroatoms. The molecule has 172 valence electrons. The third kappa shape index (κ3) is 4.72. The molecule has 1 aromatic carbocycles. The Labute approximate surface area is 184 Å². The van der Waals surface area contributed by atoms with Gasteiger partial charge in [-0.3, -0.25) is 4.79 Å². The Morgan fingerprint density at radius 3 is 2.36 bits per heavy atom. The Balaban J connectivity index is 1.69. The van der Waals surface area contributed by atoms with E-state index in [1.165, 1.54) is 18.4 Å². The molecule has 4 aromatic rings. The maximum absolute atomic E-state index is 13.6. The highest BCUT2D eigenvalue weighted by molar-refractivity contribution is 6.37. The molecule has 0 atom stereocenters. The van der Waals surface area contributed by atoms with Gasteiger partial charge < -0.3 is 14.5 Å². The van der Waals surface area contributed by atoms with Gasteiger partial charge in [0.15, 0.2) is 22.8 Å². The predicted octanol–water partition coefficient (Wildman–Crippen LogP) is 5.81. The van der Waals surface area contributed by atoms with E-state index in [-0.39, 0.29) is 17.1 Å². The van der Waals surface area contributed by atoms with Gasteiger partial charge in [-0.2, -0.15) is 18.3 Å². The Hall–Kier alpha value is -3.74. The Bertz CT molecular complexity index is 1310. The summed E-state index contributed by atoms with van der Waals surface area (Å²) < 4.78 is 86.8. The van der Waals surface area contributed by atoms with Gasteiger partial charge in [-0.15, -0.1) is 13.2 Å². The number of nitrogens with zero attached hydrogens (tertiary/aromatic N) is 3. The van der Waals surface area contributed by atoms with Crippen molar-refractivity contribution in [3.8, 4) is 17.2 Å². The number of rotatable bonds is 4. The summed E-state index contributed by atoms with van der Waals surface area (Å²) in [5.41, 5.74) is -2.45. The maximum Gasteiger partial charge on any atom is 0.573 e. The number of anilines is 1. The Morgan fingerprint density at radius 2 is 1.79 bits per heavy atom. The quantitative estimate of drug-likeness (QED) is 0.365. The number of alkyl halides is 6. The first kappa shape index (κ1) is 22.5. The number of carbonyl (C=O) groups is 1. The smallest absolute Gasteiger partial charge is 0.463 e. The monoisotopic (exact) mass is 490 g/mol. The van der Waals surface area contributed by atoms with Gasteiger partial charge in [0.1, 0.15) is 16.5 Å². The number of hydrogen-bond donors (Lipinski definition) is 1. The molecule has 0 aliphatic heterocycles. The van der Waals surface area contributed by atoms with Crippen molar-refractivity contribution in [3.63, 3.8) is 0 Å². The van der Waals surface area contributed by atoms with Crippen LogP contribution in [0.5, 0.6) is 5.75 Å². The van der Waals surface area contributed by atoms with Crippen molar-refractivity contribution in [1.29, 1.82) is 0 Å². The number of amides is 1. The first-order valence-corrected chi connectivity index (χ1v) is 9.18. The standard InChI is InChI=1S/C19H9ClF6N4O3/c20-14-15(17(31)27-9-3-5-10(6-4-9)33-19(24,25)26)29-30-13(18(21,22)23)8-11(28-16(14)30)12-2-1-7-32-12/h1-8H,(H,27,31). The van der Waals surface area contributed by atoms with Crippen molar-refractivity contribution in [2.24, 2.45) is 0 Å². The van der Waals surface area contributed by atoms with Crippen LogP contribution >= 0.6 is 11.6 Å². The van der Waals surface area contributed by atoms with Crippen molar-refractivity contribution in [3.05, 3.63) is 65.1 Å². The third-order valence-corrected chi connectivity index (χ3v) is 4.51. The summed E-state index contributed by atoms with van der Waals surface area (Å²) >= 11 is 6.12. The molecule has 0 aliphatic carbocycles. The molecule has 0 saturated carbocycles. The number of halogens is 7. The second-order valence-corrected chi connectivity index (χ2v) is 6.80. The fourth-order valence-electron chi connectivity index (χ4n) is 2.82. The lowest BCUT2D eigenvalue weighted by Crippen LogP contribution is -2.17. The highest BCUT2D eigenvalue weighted by Gasteiger charge is 2.37. The van der Waals surface area contributed by atoms with Crippen molar-refractivity contribution in [1.82, 2.24) is 14.6 Å². The molecule has 4 rings (SSSR count). The van der Waals surface area contributed by atoms with Crippen LogP contribution in [0, 0.1) is 0 Å². The summed E-state index contributed by atoms with van der Waals surface area (Å²) in [4.78, 5) is 16.6. The van der Waals surface area contributed by atoms with Gasteiger partial charge in [-0.05, 0) is 42.5 Å². The number of benzene rings is 1. The first-order valence-electron chi connectivity index (χ1n) is 8.80. The largest absolute Gasteiger partial charge is 0.573 e. The van der Waals surface area contributed by atoms with Crippen LogP contribution in [0.25, 0.3) is 17.1 Å². The van der Waals surface area contributed by atoms with Crippen LogP contribution in [0.2, 0.25) is 5.02 Å². The van der Waals surface area contributed by atoms with E-state index in [1.807, 2.05) is 0 Å². The molecule has 0 bridgehead atoms. The van der Waals surface area contributed by atoms with E-state index in [0.29, 0.717) is 10.6 Å². The van der Waals surface area contributed by atoms with Crippen molar-refractivity contribution >= 4 is 28.8 Å². The van der Waals surface area contributed by atoms with Gasteiger partial charge in [-0.25, -0.2) is 9.50 Å². The van der Waals surface area contributed by atoms with E-state index in [9.17, 15) is 31.1 Å². The highest BCUT2D eigenvalue weighted by atomic mass is 35.5. The lowest BCUT2D eigenvalue weighted by molar-refractivity contribution is -0.274. The van der Waals surface area contributed by atoms with E-state index in [2.05, 4.69) is 20.1 Å². The average molecular weight is 491 g/mol. The number of aromatic nitrogens is 3. The van der Waals surface area contributed by atoms with E-state index in [0.717, 1.165) is 24.3 Å². The lowest BCUT2D eigenvalue weighted by Gasteiger charge is -2.10. The topological polar surface area (TPSA) is 81.7 Å². The summed E-state index contributed by atoms with van der Waals surface area (Å²) in [6.45, 7) is 0. The Kier molecular flexibility index (Phi) is 5.44. The van der Waals surface area contributed by atoms with E-state index < -0.39 is 46.3 Å². The first-order chi connectivity index (χ1) is 15.4. The average Bonchev–Trinajstić information content (AvgIpc) is 3.36. The molecule has 3 heterocycles. The molecule has 0 saturated heterocycles. The van der Waals surface area contributed by atoms with Crippen molar-refractivity contribution < 1.29 is 40.3 Å². The van der Waals surface area contributed by atoms with Crippen LogP contribution < -0.4 is 10.1 Å². The van der Waals surface area contributed by atoms with Gasteiger partial charge in [0, 0.05) is 5.69 Å². The summed E-state index contributed by atoms with van der Waals surface area (Å²) in [5.74, 6) is -1.51. The van der Waals surface area contributed by atoms with E-state index in [4.69, 9.17) is 16.0 Å². The zero-order valence-corrected chi connectivity index (χ0v) is 16.6. The van der Waals surface area contributed by atoms with Crippen LogP contribution in [0.4, 0.5) is 32.0 Å². The second kappa shape index (κ2) is 7.99. The number of hydrogen-bond acceptors (Lipinski definition) is 5. The molecule has 0 unspecified atom stereocenters. The number of fused-ring (bicyclic) bond motifs is 1. The van der Waals surface area contributed by atoms with Gasteiger partial charge in [0.25, 0.3) is 5.91 Å². The van der Waals surface area contributed by atoms with Crippen LogP contribution in [0.3, 0.4) is 0 Å². The summed E-state index contributed by atoms with van der Waals surface area (Å²) in [6, 6.07) is 7.60. The molecule has 33 heavy (non-hydrogen) atoms. The van der Waals surface area contributed by atoms with Gasteiger partial charge >= 0.3 is 12.5 Å². The third-order valence-electron chi connectivity index (χ3n) is 4.16. The Morgan fingerprint density at radius 1 is 1.09 bits per heavy atom. The molecule has 3 aromatic heterocycles. The lowest BCUT2D eigenvalue weighted by atomic mass is 10.2. The molecular formula is C19H9ClF6N4O3. The number of furan rings is 1. The molecule has 0 spiro atoms. The van der Waals surface area contributed by atoms with Gasteiger partial charge in [0.2, 0.25) is 0 Å². The fourth-order valence-corrected chi connectivity index (χ4v) is 3.07. The van der Waals surface area contributed by atoms with Gasteiger partial charge in [0.05, 0.1) is 6.26 Å². The minimum Gasteiger partial charge on any atom is -0.463 e. The van der Waals surface area contributed by atoms with Crippen LogP contribution in [-0.4, -0.2) is 26.9 Å².